The standard InChI is InChI=1S/C21H24N2O7/c1-5-26-16-9-14(10-17(27-6-2)20(16)28-7-3)21(25)29-12-15-11-19(24)23-18(22-15)8-13(4)30-23/h8-11H,5-7,12H2,1-4H3. The summed E-state index contributed by atoms with van der Waals surface area (Å²) in [4.78, 5) is 29.0. The van der Waals surface area contributed by atoms with Crippen molar-refractivity contribution in [2.45, 2.75) is 34.3 Å². The van der Waals surface area contributed by atoms with Gasteiger partial charge in [-0.3, -0.25) is 4.79 Å². The molecule has 30 heavy (non-hydrogen) atoms. The zero-order valence-electron chi connectivity index (χ0n) is 17.4. The molecule has 2 heterocycles. The number of esters is 1. The molecule has 3 aromatic rings. The number of nitrogens with zero attached hydrogens (tertiary/aromatic N) is 2. The molecule has 160 valence electrons. The number of hydrogen-bond acceptors (Lipinski definition) is 8. The van der Waals surface area contributed by atoms with E-state index in [9.17, 15) is 9.59 Å². The van der Waals surface area contributed by atoms with Crippen molar-refractivity contribution in [2.75, 3.05) is 19.8 Å². The van der Waals surface area contributed by atoms with Gasteiger partial charge in [0.05, 0.1) is 31.1 Å². The van der Waals surface area contributed by atoms with Crippen LogP contribution in [0.2, 0.25) is 0 Å². The van der Waals surface area contributed by atoms with Crippen LogP contribution in [0.3, 0.4) is 0 Å². The molecule has 0 bridgehead atoms. The number of hydrogen-bond donors (Lipinski definition) is 0. The summed E-state index contributed by atoms with van der Waals surface area (Å²) in [5.74, 6) is 1.17. The van der Waals surface area contributed by atoms with Crippen molar-refractivity contribution in [3.05, 3.63) is 51.6 Å². The molecule has 0 unspecified atom stereocenters. The minimum Gasteiger partial charge on any atom is -0.490 e. The van der Waals surface area contributed by atoms with Crippen LogP contribution in [0.4, 0.5) is 0 Å². The van der Waals surface area contributed by atoms with Crippen LogP contribution in [-0.2, 0) is 11.3 Å². The van der Waals surface area contributed by atoms with Crippen molar-refractivity contribution >= 4 is 11.6 Å². The number of benzene rings is 1. The molecular formula is C21H24N2O7. The van der Waals surface area contributed by atoms with E-state index in [0.29, 0.717) is 54.2 Å². The Morgan fingerprint density at radius 2 is 1.63 bits per heavy atom. The van der Waals surface area contributed by atoms with Gasteiger partial charge in [-0.25, -0.2) is 9.78 Å². The summed E-state index contributed by atoms with van der Waals surface area (Å²) in [6.07, 6.45) is 0. The summed E-state index contributed by atoms with van der Waals surface area (Å²) in [5, 5.41) is 0. The van der Waals surface area contributed by atoms with E-state index >= 15 is 0 Å². The van der Waals surface area contributed by atoms with Crippen LogP contribution in [0.1, 0.15) is 42.6 Å². The third kappa shape index (κ3) is 4.56. The largest absolute Gasteiger partial charge is 0.490 e. The fourth-order valence-corrected chi connectivity index (χ4v) is 2.88. The van der Waals surface area contributed by atoms with Crippen LogP contribution in [0.5, 0.6) is 17.2 Å². The lowest BCUT2D eigenvalue weighted by atomic mass is 10.2. The highest BCUT2D eigenvalue weighted by molar-refractivity contribution is 5.91. The molecule has 0 aliphatic carbocycles. The van der Waals surface area contributed by atoms with Crippen LogP contribution in [-0.4, -0.2) is 35.3 Å². The van der Waals surface area contributed by atoms with Crippen molar-refractivity contribution in [3.8, 4) is 17.2 Å². The number of rotatable bonds is 9. The fraction of sp³-hybridized carbons (Fsp3) is 0.381. The molecule has 9 nitrogen and oxygen atoms in total. The van der Waals surface area contributed by atoms with E-state index in [1.807, 2.05) is 20.8 Å². The molecule has 0 radical (unpaired) electrons. The van der Waals surface area contributed by atoms with E-state index in [1.165, 1.54) is 6.07 Å². The van der Waals surface area contributed by atoms with Gasteiger partial charge in [-0.05, 0) is 39.8 Å². The van der Waals surface area contributed by atoms with Crippen LogP contribution >= 0.6 is 0 Å². The van der Waals surface area contributed by atoms with Crippen LogP contribution in [0.25, 0.3) is 5.65 Å². The minimum atomic E-state index is -0.606. The molecular weight excluding hydrogens is 392 g/mol. The molecule has 0 aliphatic rings. The molecule has 0 atom stereocenters. The quantitative estimate of drug-likeness (QED) is 0.490. The Morgan fingerprint density at radius 1 is 1.00 bits per heavy atom. The van der Waals surface area contributed by atoms with Gasteiger partial charge in [0, 0.05) is 12.1 Å². The second-order valence-electron chi connectivity index (χ2n) is 6.26. The third-order valence-electron chi connectivity index (χ3n) is 4.02. The molecule has 3 rings (SSSR count). The maximum absolute atomic E-state index is 12.6. The second kappa shape index (κ2) is 9.34. The first-order valence-electron chi connectivity index (χ1n) is 9.69. The van der Waals surface area contributed by atoms with E-state index in [0.717, 1.165) is 4.57 Å². The molecule has 0 saturated heterocycles. The second-order valence-corrected chi connectivity index (χ2v) is 6.26. The summed E-state index contributed by atoms with van der Waals surface area (Å²) < 4.78 is 28.6. The topological polar surface area (TPSA) is 102 Å². The predicted molar refractivity (Wildman–Crippen MR) is 108 cm³/mol. The average molecular weight is 416 g/mol. The SMILES string of the molecule is CCOc1cc(C(=O)OCc2cc(=O)n3oc(C)cc3n2)cc(OCC)c1OCC. The van der Waals surface area contributed by atoms with Crippen molar-refractivity contribution in [2.24, 2.45) is 0 Å². The number of fused-ring (bicyclic) bond motifs is 1. The Hall–Kier alpha value is -3.49. The summed E-state index contributed by atoms with van der Waals surface area (Å²) >= 11 is 0. The Balaban J connectivity index is 1.84. The molecule has 0 aliphatic heterocycles. The fourth-order valence-electron chi connectivity index (χ4n) is 2.88. The lowest BCUT2D eigenvalue weighted by Gasteiger charge is -2.16. The molecule has 1 aromatic carbocycles. The van der Waals surface area contributed by atoms with E-state index in [-0.39, 0.29) is 12.2 Å². The van der Waals surface area contributed by atoms with Crippen molar-refractivity contribution in [1.29, 1.82) is 0 Å². The average Bonchev–Trinajstić information content (AvgIpc) is 3.09. The summed E-state index contributed by atoms with van der Waals surface area (Å²) in [6, 6.07) is 5.98. The summed E-state index contributed by atoms with van der Waals surface area (Å²) in [6.45, 7) is 8.26. The van der Waals surface area contributed by atoms with Gasteiger partial charge in [0.25, 0.3) is 5.56 Å². The third-order valence-corrected chi connectivity index (χ3v) is 4.02. The first-order valence-corrected chi connectivity index (χ1v) is 9.69. The van der Waals surface area contributed by atoms with Gasteiger partial charge < -0.3 is 23.5 Å². The highest BCUT2D eigenvalue weighted by Crippen LogP contribution is 2.39. The normalized spacial score (nSPS) is 10.8. The van der Waals surface area contributed by atoms with E-state index in [1.54, 1.807) is 25.1 Å². The maximum atomic E-state index is 12.6. The minimum absolute atomic E-state index is 0.171. The van der Waals surface area contributed by atoms with E-state index < -0.39 is 11.5 Å². The molecule has 2 aromatic heterocycles. The molecule has 0 saturated carbocycles. The predicted octanol–water partition coefficient (Wildman–Crippen LogP) is 3.15. The molecule has 9 heteroatoms. The molecule has 0 spiro atoms. The van der Waals surface area contributed by atoms with Crippen LogP contribution < -0.4 is 19.8 Å². The Kier molecular flexibility index (Phi) is 6.61. The lowest BCUT2D eigenvalue weighted by Crippen LogP contribution is -2.15. The lowest BCUT2D eigenvalue weighted by molar-refractivity contribution is 0.0466. The van der Waals surface area contributed by atoms with Crippen LogP contribution in [0, 0.1) is 6.92 Å². The Bertz CT molecular complexity index is 1070. The van der Waals surface area contributed by atoms with Crippen molar-refractivity contribution < 1.29 is 28.3 Å². The monoisotopic (exact) mass is 416 g/mol. The number of carbonyl (C=O) groups excluding carboxylic acids is 1. The molecule has 0 N–H and O–H groups in total. The highest BCUT2D eigenvalue weighted by Gasteiger charge is 2.19. The Labute approximate surface area is 173 Å². The number of aryl methyl sites for hydroxylation is 1. The highest BCUT2D eigenvalue weighted by atomic mass is 16.5. The van der Waals surface area contributed by atoms with Gasteiger partial charge >= 0.3 is 5.97 Å². The van der Waals surface area contributed by atoms with Gasteiger partial charge in [0.1, 0.15) is 12.4 Å². The number of aromatic nitrogens is 2. The van der Waals surface area contributed by atoms with Gasteiger partial charge in [0.2, 0.25) is 5.75 Å². The number of ether oxygens (including phenoxy) is 4. The Morgan fingerprint density at radius 3 is 2.23 bits per heavy atom. The zero-order chi connectivity index (χ0) is 21.7. The summed E-state index contributed by atoms with van der Waals surface area (Å²) in [7, 11) is 0. The van der Waals surface area contributed by atoms with Crippen LogP contribution in [0.15, 0.2) is 33.6 Å². The molecule has 0 amide bonds. The summed E-state index contributed by atoms with van der Waals surface area (Å²) in [5.41, 5.74) is 0.513. The number of carbonyl (C=O) groups is 1. The van der Waals surface area contributed by atoms with Crippen molar-refractivity contribution in [1.82, 2.24) is 9.56 Å². The smallest absolute Gasteiger partial charge is 0.338 e. The van der Waals surface area contributed by atoms with Crippen molar-refractivity contribution in [3.63, 3.8) is 0 Å². The van der Waals surface area contributed by atoms with E-state index in [4.69, 9.17) is 23.5 Å². The maximum Gasteiger partial charge on any atom is 0.338 e. The van der Waals surface area contributed by atoms with E-state index in [2.05, 4.69) is 4.98 Å². The zero-order valence-corrected chi connectivity index (χ0v) is 17.4. The first kappa shape index (κ1) is 21.2. The molecule has 0 fully saturated rings. The van der Waals surface area contributed by atoms with Gasteiger partial charge in [-0.2, -0.15) is 0 Å². The van der Waals surface area contributed by atoms with Gasteiger partial charge in [0.15, 0.2) is 17.1 Å². The first-order chi connectivity index (χ1) is 14.5. The van der Waals surface area contributed by atoms with Gasteiger partial charge in [-0.15, -0.1) is 4.57 Å². The van der Waals surface area contributed by atoms with Gasteiger partial charge in [-0.1, -0.05) is 0 Å².